The quantitative estimate of drug-likeness (QED) is 0.845. The van der Waals surface area contributed by atoms with E-state index in [2.05, 4.69) is 20.3 Å². The normalized spacial score (nSPS) is 15.6. The van der Waals surface area contributed by atoms with Gasteiger partial charge in [0.25, 0.3) is 0 Å². The monoisotopic (exact) mass is 332 g/mol. The number of allylic oxidation sites excluding steroid dienone is 1. The summed E-state index contributed by atoms with van der Waals surface area (Å²) in [6, 6.07) is 2.00. The van der Waals surface area contributed by atoms with Crippen LogP contribution in [0.2, 0.25) is 0 Å². The molecule has 0 spiro atoms. The molecule has 0 saturated carbocycles. The molecule has 1 aromatic rings. The zero-order valence-corrected chi connectivity index (χ0v) is 12.3. The van der Waals surface area contributed by atoms with E-state index in [9.17, 15) is 4.79 Å². The Balaban J connectivity index is 2.38. The first-order valence-corrected chi connectivity index (χ1v) is 7.03. The first-order chi connectivity index (χ1) is 7.99. The summed E-state index contributed by atoms with van der Waals surface area (Å²) in [4.78, 5) is 12.0. The number of aryl methyl sites for hydroxylation is 1. The van der Waals surface area contributed by atoms with Crippen LogP contribution in [0.25, 0.3) is 0 Å². The van der Waals surface area contributed by atoms with Crippen LogP contribution in [-0.2, 0) is 4.79 Å². The molecule has 0 radical (unpaired) electrons. The minimum atomic E-state index is -0.945. The SMILES string of the molecule is Cc1cc(C2=NSN(C)C(C(=O)O)=C2)sc1Br. The van der Waals surface area contributed by atoms with Gasteiger partial charge in [0.15, 0.2) is 0 Å². The molecular weight excluding hydrogens is 324 g/mol. The number of carbonyl (C=O) groups is 1. The van der Waals surface area contributed by atoms with Crippen LogP contribution in [-0.4, -0.2) is 28.1 Å². The van der Waals surface area contributed by atoms with Crippen LogP contribution in [0.4, 0.5) is 0 Å². The predicted molar refractivity (Wildman–Crippen MR) is 74.4 cm³/mol. The molecule has 1 aromatic heterocycles. The number of likely N-dealkylation sites (N-methyl/N-ethyl adjacent to an activating group) is 1. The number of hydrogen-bond acceptors (Lipinski definition) is 5. The van der Waals surface area contributed by atoms with E-state index in [-0.39, 0.29) is 5.70 Å². The Kier molecular flexibility index (Phi) is 3.60. The first-order valence-electron chi connectivity index (χ1n) is 4.69. The van der Waals surface area contributed by atoms with Crippen molar-refractivity contribution < 1.29 is 9.90 Å². The number of carboxylic acid groups (broad SMARTS) is 1. The maximum Gasteiger partial charge on any atom is 0.353 e. The lowest BCUT2D eigenvalue weighted by Crippen LogP contribution is -2.20. The Bertz CT molecular complexity index is 517. The lowest BCUT2D eigenvalue weighted by Gasteiger charge is -2.19. The molecule has 7 heteroatoms. The van der Waals surface area contributed by atoms with Gasteiger partial charge in [0.05, 0.1) is 26.5 Å². The highest BCUT2D eigenvalue weighted by Gasteiger charge is 2.20. The number of aliphatic carboxylic acids is 1. The zero-order valence-electron chi connectivity index (χ0n) is 9.10. The maximum absolute atomic E-state index is 11.0. The van der Waals surface area contributed by atoms with Crippen LogP contribution in [0.3, 0.4) is 0 Å². The van der Waals surface area contributed by atoms with Crippen LogP contribution in [0.15, 0.2) is 26.0 Å². The zero-order chi connectivity index (χ0) is 12.6. The van der Waals surface area contributed by atoms with Crippen molar-refractivity contribution >= 4 is 51.1 Å². The van der Waals surface area contributed by atoms with E-state index < -0.39 is 5.97 Å². The largest absolute Gasteiger partial charge is 0.477 e. The van der Waals surface area contributed by atoms with Gasteiger partial charge >= 0.3 is 5.97 Å². The molecule has 0 aliphatic carbocycles. The van der Waals surface area contributed by atoms with Crippen molar-refractivity contribution in [1.82, 2.24) is 4.31 Å². The van der Waals surface area contributed by atoms with Crippen LogP contribution in [0, 0.1) is 6.92 Å². The van der Waals surface area contributed by atoms with Crippen molar-refractivity contribution in [3.63, 3.8) is 0 Å². The van der Waals surface area contributed by atoms with Gasteiger partial charge in [0.1, 0.15) is 5.70 Å². The number of carboxylic acids is 1. The minimum Gasteiger partial charge on any atom is -0.477 e. The smallest absolute Gasteiger partial charge is 0.353 e. The number of nitrogens with zero attached hydrogens (tertiary/aromatic N) is 2. The summed E-state index contributed by atoms with van der Waals surface area (Å²) >= 11 is 6.14. The second-order valence-electron chi connectivity index (χ2n) is 3.46. The van der Waals surface area contributed by atoms with Crippen molar-refractivity contribution in [3.8, 4) is 0 Å². The van der Waals surface area contributed by atoms with Crippen molar-refractivity contribution in [2.75, 3.05) is 7.05 Å². The summed E-state index contributed by atoms with van der Waals surface area (Å²) in [5.74, 6) is -0.945. The molecule has 0 saturated heterocycles. The fraction of sp³-hybridized carbons (Fsp3) is 0.200. The molecule has 17 heavy (non-hydrogen) atoms. The van der Waals surface area contributed by atoms with Crippen molar-refractivity contribution in [3.05, 3.63) is 32.1 Å². The number of hydrogen-bond donors (Lipinski definition) is 1. The third-order valence-electron chi connectivity index (χ3n) is 2.20. The molecule has 1 N–H and O–H groups in total. The molecule has 1 aliphatic heterocycles. The fourth-order valence-corrected chi connectivity index (χ4v) is 3.43. The van der Waals surface area contributed by atoms with E-state index in [1.54, 1.807) is 24.5 Å². The Morgan fingerprint density at radius 2 is 2.29 bits per heavy atom. The summed E-state index contributed by atoms with van der Waals surface area (Å²) < 4.78 is 6.85. The number of rotatable bonds is 2. The molecule has 2 rings (SSSR count). The van der Waals surface area contributed by atoms with Gasteiger partial charge in [-0.1, -0.05) is 0 Å². The fourth-order valence-electron chi connectivity index (χ4n) is 1.29. The van der Waals surface area contributed by atoms with Gasteiger partial charge in [-0.15, -0.1) is 11.3 Å². The molecule has 2 heterocycles. The van der Waals surface area contributed by atoms with Crippen molar-refractivity contribution in [1.29, 1.82) is 0 Å². The van der Waals surface area contributed by atoms with Crippen molar-refractivity contribution in [2.24, 2.45) is 4.40 Å². The van der Waals surface area contributed by atoms with Gasteiger partial charge in [-0.05, 0) is 40.6 Å². The number of halogens is 1. The van der Waals surface area contributed by atoms with Gasteiger partial charge in [-0.25, -0.2) is 4.79 Å². The van der Waals surface area contributed by atoms with E-state index in [1.165, 1.54) is 4.31 Å². The van der Waals surface area contributed by atoms with Gasteiger partial charge in [-0.3, -0.25) is 4.31 Å². The van der Waals surface area contributed by atoms with E-state index in [0.717, 1.165) is 26.4 Å². The summed E-state index contributed by atoms with van der Waals surface area (Å²) in [6.45, 7) is 1.99. The average Bonchev–Trinajstić information content (AvgIpc) is 2.59. The molecular formula is C10H9BrN2O2S2. The highest BCUT2D eigenvalue weighted by molar-refractivity contribution is 9.11. The Morgan fingerprint density at radius 3 is 2.82 bits per heavy atom. The standard InChI is InChI=1S/C10H9BrN2O2S2/c1-5-3-8(16-9(5)11)6-4-7(10(14)15)13(2)17-12-6/h3-4H,1-2H3,(H,14,15). The second kappa shape index (κ2) is 4.83. The van der Waals surface area contributed by atoms with Crippen molar-refractivity contribution in [2.45, 2.75) is 6.92 Å². The predicted octanol–water partition coefficient (Wildman–Crippen LogP) is 3.09. The Hall–Kier alpha value is -0.790. The van der Waals surface area contributed by atoms with Gasteiger partial charge < -0.3 is 5.11 Å². The first kappa shape index (κ1) is 12.7. The van der Waals surface area contributed by atoms with Crippen LogP contribution in [0.5, 0.6) is 0 Å². The van der Waals surface area contributed by atoms with Crippen LogP contribution >= 0.6 is 39.4 Å². The summed E-state index contributed by atoms with van der Waals surface area (Å²) in [5, 5.41) is 9.05. The Morgan fingerprint density at radius 1 is 1.59 bits per heavy atom. The maximum atomic E-state index is 11.0. The average molecular weight is 333 g/mol. The molecule has 4 nitrogen and oxygen atoms in total. The summed E-state index contributed by atoms with van der Waals surface area (Å²) in [7, 11) is 1.68. The lowest BCUT2D eigenvalue weighted by atomic mass is 10.2. The van der Waals surface area contributed by atoms with Gasteiger partial charge in [0.2, 0.25) is 0 Å². The third kappa shape index (κ3) is 2.56. The van der Waals surface area contributed by atoms with Crippen LogP contribution in [0.1, 0.15) is 10.4 Å². The van der Waals surface area contributed by atoms with Gasteiger partial charge in [0, 0.05) is 7.05 Å². The molecule has 0 atom stereocenters. The highest BCUT2D eigenvalue weighted by atomic mass is 79.9. The molecule has 0 unspecified atom stereocenters. The number of thiophene rings is 1. The van der Waals surface area contributed by atoms with E-state index in [0.29, 0.717) is 5.71 Å². The molecule has 0 aromatic carbocycles. The molecule has 0 amide bonds. The van der Waals surface area contributed by atoms with E-state index >= 15 is 0 Å². The molecule has 0 fully saturated rings. The van der Waals surface area contributed by atoms with E-state index in [4.69, 9.17) is 5.11 Å². The third-order valence-corrected chi connectivity index (χ3v) is 5.08. The molecule has 90 valence electrons. The molecule has 0 bridgehead atoms. The Labute approximate surface area is 115 Å². The highest BCUT2D eigenvalue weighted by Crippen LogP contribution is 2.31. The lowest BCUT2D eigenvalue weighted by molar-refractivity contribution is -0.133. The summed E-state index contributed by atoms with van der Waals surface area (Å²) in [6.07, 6.45) is 1.59. The second-order valence-corrected chi connectivity index (χ2v) is 6.72. The summed E-state index contributed by atoms with van der Waals surface area (Å²) in [5.41, 5.74) is 2.06. The molecule has 1 aliphatic rings. The van der Waals surface area contributed by atoms with Crippen LogP contribution < -0.4 is 0 Å². The van der Waals surface area contributed by atoms with E-state index in [1.807, 2.05) is 13.0 Å². The topological polar surface area (TPSA) is 52.9 Å². The van der Waals surface area contributed by atoms with Gasteiger partial charge in [-0.2, -0.15) is 4.40 Å². The minimum absolute atomic E-state index is 0.238.